The van der Waals surface area contributed by atoms with Crippen molar-refractivity contribution in [2.45, 2.75) is 13.3 Å². The van der Waals surface area contributed by atoms with Crippen molar-refractivity contribution in [2.24, 2.45) is 5.16 Å². The highest BCUT2D eigenvalue weighted by molar-refractivity contribution is 6.01. The molecule has 0 aliphatic rings. The van der Waals surface area contributed by atoms with E-state index in [0.717, 1.165) is 23.4 Å². The third-order valence-corrected chi connectivity index (χ3v) is 3.02. The Labute approximate surface area is 119 Å². The molecule has 0 saturated carbocycles. The molecule has 3 heteroatoms. The van der Waals surface area contributed by atoms with Gasteiger partial charge in [0.1, 0.15) is 25.2 Å². The molecule has 0 unspecified atom stereocenters. The van der Waals surface area contributed by atoms with E-state index in [-0.39, 0.29) is 0 Å². The van der Waals surface area contributed by atoms with E-state index in [1.54, 1.807) is 7.11 Å². The van der Waals surface area contributed by atoms with Gasteiger partial charge in [-0.05, 0) is 24.1 Å². The number of rotatable bonds is 6. The van der Waals surface area contributed by atoms with Crippen molar-refractivity contribution in [1.29, 1.82) is 0 Å². The fourth-order valence-corrected chi connectivity index (χ4v) is 1.88. The number of ether oxygens (including phenoxy) is 1. The first-order valence-electron chi connectivity index (χ1n) is 6.70. The van der Waals surface area contributed by atoms with Gasteiger partial charge in [-0.25, -0.2) is 0 Å². The van der Waals surface area contributed by atoms with Crippen LogP contribution in [0.1, 0.15) is 18.1 Å². The van der Waals surface area contributed by atoms with Crippen molar-refractivity contribution in [3.05, 3.63) is 65.7 Å². The van der Waals surface area contributed by atoms with Crippen LogP contribution in [0, 0.1) is 0 Å². The van der Waals surface area contributed by atoms with Crippen LogP contribution < -0.4 is 4.74 Å². The summed E-state index contributed by atoms with van der Waals surface area (Å²) in [4.78, 5) is 4.89. The van der Waals surface area contributed by atoms with Gasteiger partial charge in [-0.3, -0.25) is 0 Å². The molecule has 0 radical (unpaired) electrons. The lowest BCUT2D eigenvalue weighted by molar-refractivity contribution is 0.210. The number of hydrogen-bond donors (Lipinski definition) is 0. The summed E-state index contributed by atoms with van der Waals surface area (Å²) in [6, 6.07) is 18.0. The summed E-state index contributed by atoms with van der Waals surface area (Å²) in [6.45, 7) is 2.51. The highest BCUT2D eigenvalue weighted by atomic mass is 16.6. The second-order valence-electron chi connectivity index (χ2n) is 4.37. The van der Waals surface area contributed by atoms with Crippen LogP contribution in [0.5, 0.6) is 5.75 Å². The zero-order valence-corrected chi connectivity index (χ0v) is 11.9. The molecule has 2 rings (SSSR count). The molecule has 0 bridgehead atoms. The molecule has 0 heterocycles. The molecule has 0 spiro atoms. The third kappa shape index (κ3) is 3.85. The number of nitrogens with zero attached hydrogens (tertiary/aromatic N) is 1. The van der Waals surface area contributed by atoms with Gasteiger partial charge in [0.05, 0.1) is 0 Å². The Morgan fingerprint density at radius 2 is 1.70 bits per heavy atom. The molecule has 104 valence electrons. The highest BCUT2D eigenvalue weighted by Crippen LogP contribution is 2.13. The van der Waals surface area contributed by atoms with Gasteiger partial charge in [0, 0.05) is 5.56 Å². The summed E-state index contributed by atoms with van der Waals surface area (Å²) in [5.74, 6) is 0.835. The minimum atomic E-state index is 0.378. The summed E-state index contributed by atoms with van der Waals surface area (Å²) in [5.41, 5.74) is 3.07. The number of oxime groups is 1. The van der Waals surface area contributed by atoms with Gasteiger partial charge in [-0.15, -0.1) is 0 Å². The summed E-state index contributed by atoms with van der Waals surface area (Å²) in [6.07, 6.45) is 1.03. The van der Waals surface area contributed by atoms with Crippen molar-refractivity contribution in [2.75, 3.05) is 13.7 Å². The standard InChI is InChI=1S/C17H19NO2/c1-3-14-9-11-16(12-10-14)20-13-17(18-19-2)15-7-5-4-6-8-15/h4-12H,3,13H2,1-2H3/b18-17+. The maximum absolute atomic E-state index is 5.76. The predicted octanol–water partition coefficient (Wildman–Crippen LogP) is 3.68. The fraction of sp³-hybridized carbons (Fsp3) is 0.235. The van der Waals surface area contributed by atoms with Gasteiger partial charge in [0.25, 0.3) is 0 Å². The first kappa shape index (κ1) is 14.1. The molecule has 0 fully saturated rings. The zero-order chi connectivity index (χ0) is 14.2. The minimum Gasteiger partial charge on any atom is -0.487 e. The van der Waals surface area contributed by atoms with Crippen molar-refractivity contribution < 1.29 is 9.57 Å². The van der Waals surface area contributed by atoms with E-state index >= 15 is 0 Å². The first-order valence-corrected chi connectivity index (χ1v) is 6.70. The SMILES string of the molecule is CCc1ccc(OC/C(=N\OC)c2ccccc2)cc1. The van der Waals surface area contributed by atoms with Gasteiger partial charge in [0.2, 0.25) is 0 Å². The molecule has 2 aromatic rings. The topological polar surface area (TPSA) is 30.8 Å². The smallest absolute Gasteiger partial charge is 0.134 e. The summed E-state index contributed by atoms with van der Waals surface area (Å²) < 4.78 is 5.76. The van der Waals surface area contributed by atoms with E-state index in [1.807, 2.05) is 42.5 Å². The predicted molar refractivity (Wildman–Crippen MR) is 81.3 cm³/mol. The quantitative estimate of drug-likeness (QED) is 0.591. The van der Waals surface area contributed by atoms with Crippen molar-refractivity contribution in [3.63, 3.8) is 0 Å². The average molecular weight is 269 g/mol. The minimum absolute atomic E-state index is 0.378. The molecule has 0 saturated heterocycles. The Kier molecular flexibility index (Phi) is 5.18. The maximum atomic E-state index is 5.76. The van der Waals surface area contributed by atoms with Gasteiger partial charge < -0.3 is 9.57 Å². The summed E-state index contributed by atoms with van der Waals surface area (Å²) >= 11 is 0. The molecule has 0 aromatic heterocycles. The van der Waals surface area contributed by atoms with Crippen LogP contribution >= 0.6 is 0 Å². The third-order valence-electron chi connectivity index (χ3n) is 3.02. The molecule has 20 heavy (non-hydrogen) atoms. The van der Waals surface area contributed by atoms with E-state index < -0.39 is 0 Å². The highest BCUT2D eigenvalue weighted by Gasteiger charge is 2.05. The van der Waals surface area contributed by atoms with Crippen molar-refractivity contribution >= 4 is 5.71 Å². The van der Waals surface area contributed by atoms with E-state index in [2.05, 4.69) is 24.2 Å². The van der Waals surface area contributed by atoms with E-state index in [9.17, 15) is 0 Å². The van der Waals surface area contributed by atoms with Crippen LogP contribution in [0.25, 0.3) is 0 Å². The molecule has 0 amide bonds. The van der Waals surface area contributed by atoms with E-state index in [0.29, 0.717) is 6.61 Å². The monoisotopic (exact) mass is 269 g/mol. The fourth-order valence-electron chi connectivity index (χ4n) is 1.88. The van der Waals surface area contributed by atoms with Crippen molar-refractivity contribution in [1.82, 2.24) is 0 Å². The lowest BCUT2D eigenvalue weighted by Gasteiger charge is -2.09. The largest absolute Gasteiger partial charge is 0.487 e. The first-order chi connectivity index (χ1) is 9.83. The normalized spacial score (nSPS) is 11.2. The summed E-state index contributed by atoms with van der Waals surface area (Å²) in [5, 5.41) is 4.03. The van der Waals surface area contributed by atoms with Gasteiger partial charge in [-0.2, -0.15) is 0 Å². The maximum Gasteiger partial charge on any atom is 0.134 e. The van der Waals surface area contributed by atoms with E-state index in [1.165, 1.54) is 5.56 Å². The van der Waals surface area contributed by atoms with Gasteiger partial charge >= 0.3 is 0 Å². The Hall–Kier alpha value is -2.29. The molecule has 0 aliphatic carbocycles. The second-order valence-corrected chi connectivity index (χ2v) is 4.37. The molecule has 0 atom stereocenters. The van der Waals surface area contributed by atoms with E-state index in [4.69, 9.17) is 9.57 Å². The molecule has 3 nitrogen and oxygen atoms in total. The average Bonchev–Trinajstić information content (AvgIpc) is 2.53. The molecule has 2 aromatic carbocycles. The molecule has 0 aliphatic heterocycles. The van der Waals surface area contributed by atoms with Crippen LogP contribution in [0.4, 0.5) is 0 Å². The van der Waals surface area contributed by atoms with Gasteiger partial charge in [-0.1, -0.05) is 54.5 Å². The molecule has 0 N–H and O–H groups in total. The van der Waals surface area contributed by atoms with Crippen LogP contribution in [-0.4, -0.2) is 19.4 Å². The molecular weight excluding hydrogens is 250 g/mol. The molecular formula is C17H19NO2. The lowest BCUT2D eigenvalue weighted by Crippen LogP contribution is -2.13. The summed E-state index contributed by atoms with van der Waals surface area (Å²) in [7, 11) is 1.54. The number of hydrogen-bond acceptors (Lipinski definition) is 3. The van der Waals surface area contributed by atoms with Gasteiger partial charge in [0.15, 0.2) is 0 Å². The second kappa shape index (κ2) is 7.34. The number of aryl methyl sites for hydroxylation is 1. The van der Waals surface area contributed by atoms with Crippen molar-refractivity contribution in [3.8, 4) is 5.75 Å². The Balaban J connectivity index is 2.04. The Morgan fingerprint density at radius 1 is 1.00 bits per heavy atom. The Bertz CT molecular complexity index is 547. The van der Waals surface area contributed by atoms with Crippen LogP contribution in [-0.2, 0) is 11.3 Å². The lowest BCUT2D eigenvalue weighted by atomic mass is 10.1. The van der Waals surface area contributed by atoms with Crippen LogP contribution in [0.15, 0.2) is 59.8 Å². The Morgan fingerprint density at radius 3 is 2.30 bits per heavy atom. The number of benzene rings is 2. The van der Waals surface area contributed by atoms with Crippen LogP contribution in [0.3, 0.4) is 0 Å². The van der Waals surface area contributed by atoms with Crippen LogP contribution in [0.2, 0.25) is 0 Å². The zero-order valence-electron chi connectivity index (χ0n) is 11.9.